The van der Waals surface area contributed by atoms with Gasteiger partial charge in [-0.05, 0) is 38.7 Å². The van der Waals surface area contributed by atoms with Gasteiger partial charge in [-0.15, -0.1) is 24.0 Å². The number of hydrogen-bond donors (Lipinski definition) is 1. The highest BCUT2D eigenvalue weighted by molar-refractivity contribution is 14.0. The number of rotatable bonds is 12. The van der Waals surface area contributed by atoms with E-state index in [0.29, 0.717) is 29.9 Å². The van der Waals surface area contributed by atoms with Crippen molar-refractivity contribution in [2.75, 3.05) is 67.8 Å². The van der Waals surface area contributed by atoms with Crippen LogP contribution in [0.3, 0.4) is 0 Å². The van der Waals surface area contributed by atoms with Crippen molar-refractivity contribution in [3.8, 4) is 17.2 Å². The number of nitrogens with zero attached hydrogens (tertiary/aromatic N) is 2. The Labute approximate surface area is 210 Å². The molecular weight excluding hydrogens is 525 g/mol. The largest absolute Gasteiger partial charge is 0.493 e. The van der Waals surface area contributed by atoms with Gasteiger partial charge in [0.15, 0.2) is 17.5 Å². The summed E-state index contributed by atoms with van der Waals surface area (Å²) in [6, 6.07) is 3.91. The normalized spacial score (nSPS) is 14.7. The van der Waals surface area contributed by atoms with E-state index in [4.69, 9.17) is 28.7 Å². The maximum Gasteiger partial charge on any atom is 0.203 e. The second-order valence-corrected chi connectivity index (χ2v) is 7.38. The molecule has 0 radical (unpaired) electrons. The molecule has 9 heteroatoms. The first-order valence-corrected chi connectivity index (χ1v) is 11.1. The van der Waals surface area contributed by atoms with E-state index in [1.165, 1.54) is 0 Å². The number of piperidine rings is 1. The smallest absolute Gasteiger partial charge is 0.203 e. The summed E-state index contributed by atoms with van der Waals surface area (Å²) in [4.78, 5) is 7.19. The number of aliphatic imine (C=N–C) groups is 1. The van der Waals surface area contributed by atoms with Gasteiger partial charge in [0.2, 0.25) is 5.75 Å². The van der Waals surface area contributed by atoms with Gasteiger partial charge < -0.3 is 33.9 Å². The van der Waals surface area contributed by atoms with Gasteiger partial charge in [0.1, 0.15) is 0 Å². The standard InChI is InChI=1S/C23H39N3O5.HI/c1-6-24-23(26-14-11-19(12-15-26)31-17-7-16-27-2)25-13-10-18-8-9-20(28-3)22(30-5)21(18)29-4;/h8-9,19H,6-7,10-17H2,1-5H3,(H,24,25);1H. The van der Waals surface area contributed by atoms with Crippen molar-refractivity contribution < 1.29 is 23.7 Å². The van der Waals surface area contributed by atoms with Crippen LogP contribution in [0.4, 0.5) is 0 Å². The fourth-order valence-electron chi connectivity index (χ4n) is 3.76. The fraction of sp³-hybridized carbons (Fsp3) is 0.696. The summed E-state index contributed by atoms with van der Waals surface area (Å²) in [5, 5.41) is 3.43. The molecule has 0 bridgehead atoms. The van der Waals surface area contributed by atoms with Crippen molar-refractivity contribution in [3.63, 3.8) is 0 Å². The molecule has 1 heterocycles. The lowest BCUT2D eigenvalue weighted by Crippen LogP contribution is -2.47. The van der Waals surface area contributed by atoms with Crippen LogP contribution in [0.2, 0.25) is 0 Å². The maximum absolute atomic E-state index is 5.98. The molecular formula is C23H40IN3O5. The molecule has 1 fully saturated rings. The molecule has 0 aliphatic carbocycles. The molecule has 1 N–H and O–H groups in total. The summed E-state index contributed by atoms with van der Waals surface area (Å²) >= 11 is 0. The van der Waals surface area contributed by atoms with Crippen LogP contribution in [0.15, 0.2) is 17.1 Å². The minimum absolute atomic E-state index is 0. The van der Waals surface area contributed by atoms with Crippen LogP contribution < -0.4 is 19.5 Å². The van der Waals surface area contributed by atoms with Crippen LogP contribution >= 0.6 is 24.0 Å². The number of ether oxygens (including phenoxy) is 5. The lowest BCUT2D eigenvalue weighted by Gasteiger charge is -2.34. The SMILES string of the molecule is CCNC(=NCCc1ccc(OC)c(OC)c1OC)N1CCC(OCCCOC)CC1.I. The summed E-state index contributed by atoms with van der Waals surface area (Å²) in [7, 11) is 6.62. The Kier molecular flexibility index (Phi) is 14.5. The Morgan fingerprint density at radius 3 is 2.34 bits per heavy atom. The van der Waals surface area contributed by atoms with Crippen molar-refractivity contribution in [2.45, 2.75) is 38.7 Å². The predicted octanol–water partition coefficient (Wildman–Crippen LogP) is 3.36. The minimum Gasteiger partial charge on any atom is -0.493 e. The molecule has 1 aromatic rings. The molecule has 1 saturated heterocycles. The Morgan fingerprint density at radius 1 is 1.03 bits per heavy atom. The quantitative estimate of drug-likeness (QED) is 0.180. The van der Waals surface area contributed by atoms with Crippen molar-refractivity contribution in [3.05, 3.63) is 17.7 Å². The highest BCUT2D eigenvalue weighted by Gasteiger charge is 2.22. The molecule has 0 atom stereocenters. The molecule has 184 valence electrons. The van der Waals surface area contributed by atoms with Gasteiger partial charge >= 0.3 is 0 Å². The fourth-order valence-corrected chi connectivity index (χ4v) is 3.76. The number of nitrogens with one attached hydrogen (secondary N) is 1. The second kappa shape index (κ2) is 16.2. The lowest BCUT2D eigenvalue weighted by molar-refractivity contribution is 0.00991. The monoisotopic (exact) mass is 565 g/mol. The Morgan fingerprint density at radius 2 is 1.75 bits per heavy atom. The van der Waals surface area contributed by atoms with Crippen molar-refractivity contribution in [1.29, 1.82) is 0 Å². The number of methoxy groups -OCH3 is 4. The van der Waals surface area contributed by atoms with Gasteiger partial charge in [0, 0.05) is 52.1 Å². The number of halogens is 1. The van der Waals surface area contributed by atoms with Gasteiger partial charge in [0.05, 0.1) is 27.4 Å². The Hall–Kier alpha value is -1.46. The highest BCUT2D eigenvalue weighted by atomic mass is 127. The molecule has 0 spiro atoms. The van der Waals surface area contributed by atoms with Crippen LogP contribution in [-0.4, -0.2) is 84.8 Å². The summed E-state index contributed by atoms with van der Waals surface area (Å²) < 4.78 is 27.5. The maximum atomic E-state index is 5.98. The zero-order chi connectivity index (χ0) is 22.5. The third-order valence-corrected chi connectivity index (χ3v) is 5.35. The van der Waals surface area contributed by atoms with Gasteiger partial charge in [-0.1, -0.05) is 6.07 Å². The number of hydrogen-bond acceptors (Lipinski definition) is 6. The molecule has 8 nitrogen and oxygen atoms in total. The Balaban J connectivity index is 0.00000512. The third kappa shape index (κ3) is 8.47. The molecule has 0 aromatic heterocycles. The second-order valence-electron chi connectivity index (χ2n) is 7.38. The molecule has 0 unspecified atom stereocenters. The zero-order valence-corrected chi connectivity index (χ0v) is 22.5. The third-order valence-electron chi connectivity index (χ3n) is 5.35. The van der Waals surface area contributed by atoms with Crippen LogP contribution in [0, 0.1) is 0 Å². The summed E-state index contributed by atoms with van der Waals surface area (Å²) in [6.45, 7) is 6.99. The molecule has 2 rings (SSSR count). The van der Waals surface area contributed by atoms with Crippen molar-refractivity contribution in [1.82, 2.24) is 10.2 Å². The molecule has 32 heavy (non-hydrogen) atoms. The first-order chi connectivity index (χ1) is 15.2. The van der Waals surface area contributed by atoms with E-state index < -0.39 is 0 Å². The molecule has 1 aromatic carbocycles. The highest BCUT2D eigenvalue weighted by Crippen LogP contribution is 2.39. The predicted molar refractivity (Wildman–Crippen MR) is 138 cm³/mol. The van der Waals surface area contributed by atoms with E-state index in [1.807, 2.05) is 12.1 Å². The molecule has 1 aliphatic heterocycles. The molecule has 0 saturated carbocycles. The van der Waals surface area contributed by atoms with Crippen LogP contribution in [0.5, 0.6) is 17.2 Å². The molecule has 0 amide bonds. The van der Waals surface area contributed by atoms with E-state index in [2.05, 4.69) is 17.1 Å². The lowest BCUT2D eigenvalue weighted by atomic mass is 10.1. The summed E-state index contributed by atoms with van der Waals surface area (Å²) in [6.07, 6.45) is 4.05. The number of likely N-dealkylation sites (tertiary alicyclic amines) is 1. The van der Waals surface area contributed by atoms with Gasteiger partial charge in [-0.25, -0.2) is 0 Å². The van der Waals surface area contributed by atoms with E-state index in [-0.39, 0.29) is 24.0 Å². The first kappa shape index (κ1) is 28.6. The average molecular weight is 565 g/mol. The van der Waals surface area contributed by atoms with E-state index in [9.17, 15) is 0 Å². The number of guanidine groups is 1. The van der Waals surface area contributed by atoms with E-state index in [0.717, 1.165) is 70.1 Å². The molecule has 1 aliphatic rings. The van der Waals surface area contributed by atoms with Crippen LogP contribution in [-0.2, 0) is 15.9 Å². The summed E-state index contributed by atoms with van der Waals surface area (Å²) in [5.41, 5.74) is 1.04. The van der Waals surface area contributed by atoms with Crippen molar-refractivity contribution in [2.24, 2.45) is 4.99 Å². The van der Waals surface area contributed by atoms with Gasteiger partial charge in [0.25, 0.3) is 0 Å². The number of benzene rings is 1. The van der Waals surface area contributed by atoms with Crippen LogP contribution in [0.1, 0.15) is 31.7 Å². The average Bonchev–Trinajstić information content (AvgIpc) is 2.81. The van der Waals surface area contributed by atoms with Crippen molar-refractivity contribution >= 4 is 29.9 Å². The van der Waals surface area contributed by atoms with E-state index >= 15 is 0 Å². The topological polar surface area (TPSA) is 73.8 Å². The zero-order valence-electron chi connectivity index (χ0n) is 20.1. The minimum atomic E-state index is 0. The van der Waals surface area contributed by atoms with E-state index in [1.54, 1.807) is 28.4 Å². The van der Waals surface area contributed by atoms with Gasteiger partial charge in [-0.3, -0.25) is 4.99 Å². The van der Waals surface area contributed by atoms with Gasteiger partial charge in [-0.2, -0.15) is 0 Å². The van der Waals surface area contributed by atoms with Crippen LogP contribution in [0.25, 0.3) is 0 Å². The Bertz CT molecular complexity index is 682. The first-order valence-electron chi connectivity index (χ1n) is 11.1. The summed E-state index contributed by atoms with van der Waals surface area (Å²) in [5.74, 6) is 2.94.